The van der Waals surface area contributed by atoms with Gasteiger partial charge in [-0.3, -0.25) is 0 Å². The predicted octanol–water partition coefficient (Wildman–Crippen LogP) is 0.431. The average Bonchev–Trinajstić information content (AvgIpc) is 1.98. The third kappa shape index (κ3) is 3.00. The van der Waals surface area contributed by atoms with Crippen LogP contribution in [0.4, 0.5) is 26.3 Å². The van der Waals surface area contributed by atoms with Crippen LogP contribution >= 0.6 is 0 Å². The Hall–Kier alpha value is 0.864. The van der Waals surface area contributed by atoms with E-state index < -0.39 is 76.3 Å². The fourth-order valence-corrected chi connectivity index (χ4v) is 3.66. The number of halogens is 6. The second kappa shape index (κ2) is 4.51. The molecule has 0 aromatic carbocycles. The zero-order valence-corrected chi connectivity index (χ0v) is 10.6. The molecule has 0 unspecified atom stereocenters. The molecule has 0 aliphatic carbocycles. The Labute approximate surface area is 118 Å². The van der Waals surface area contributed by atoms with E-state index in [-0.39, 0.29) is 0 Å². The third-order valence-electron chi connectivity index (χ3n) is 0.963. The van der Waals surface area contributed by atoms with Crippen LogP contribution in [0.3, 0.4) is 0 Å². The number of nitrogens with zero attached hydrogens (tertiary/aromatic N) is 1. The minimum absolute atomic E-state index is 0.819. The molecule has 0 radical (unpaired) electrons. The van der Waals surface area contributed by atoms with Crippen LogP contribution in [0.1, 0.15) is 0 Å². The summed E-state index contributed by atoms with van der Waals surface area (Å²) in [6.07, 6.45) is 0. The summed E-state index contributed by atoms with van der Waals surface area (Å²) in [4.78, 5) is 0. The number of hydrogen-bond donors (Lipinski definition) is 0. The van der Waals surface area contributed by atoms with E-state index in [0.29, 0.717) is 0 Å². The second-order valence-corrected chi connectivity index (χ2v) is 8.41. The van der Waals surface area contributed by atoms with E-state index in [2.05, 4.69) is 0 Å². The van der Waals surface area contributed by atoms with Gasteiger partial charge in [0.2, 0.25) is 0 Å². The summed E-state index contributed by atoms with van der Waals surface area (Å²) in [6, 6.07) is 0. The zero-order chi connectivity index (χ0) is 13.6. The van der Waals surface area contributed by atoms with E-state index in [0.717, 1.165) is 0 Å². The van der Waals surface area contributed by atoms with E-state index >= 15 is 0 Å². The Morgan fingerprint density at radius 1 is 0.750 bits per heavy atom. The minimum atomic E-state index is -6.57. The van der Waals surface area contributed by atoms with Crippen molar-refractivity contribution in [3.63, 3.8) is 0 Å². The van der Waals surface area contributed by atoms with Crippen molar-refractivity contribution >= 4 is 20.0 Å². The van der Waals surface area contributed by atoms with Gasteiger partial charge in [0.05, 0.1) is 0 Å². The van der Waals surface area contributed by atoms with Gasteiger partial charge in [0.1, 0.15) is 0 Å². The molecule has 0 aromatic rings. The quantitative estimate of drug-likeness (QED) is 0.594. The van der Waals surface area contributed by atoms with Crippen LogP contribution in [0.5, 0.6) is 0 Å². The SMILES string of the molecule is O=S(=O)([N+](=[Eu])S(=O)(=O)C(F)(F)F)C(F)(F)F. The van der Waals surface area contributed by atoms with Crippen molar-refractivity contribution in [1.29, 1.82) is 0 Å². The molecule has 14 heteroatoms. The first kappa shape index (κ1) is 16.9. The predicted molar refractivity (Wildman–Crippen MR) is 30.2 cm³/mol. The van der Waals surface area contributed by atoms with Crippen LogP contribution < -0.4 is 0 Å². The first-order chi connectivity index (χ1) is 6.65. The average molecular weight is 432 g/mol. The van der Waals surface area contributed by atoms with E-state index in [4.69, 9.17) is 0 Å². The van der Waals surface area contributed by atoms with Crippen LogP contribution in [0.15, 0.2) is 0 Å². The number of sulfonamides is 2. The van der Waals surface area contributed by atoms with E-state index in [1.54, 1.807) is 0 Å². The molecule has 0 N–H and O–H groups in total. The molecular weight excluding hydrogens is 432 g/mol. The van der Waals surface area contributed by atoms with E-state index in [1.807, 2.05) is 0 Å². The summed E-state index contributed by atoms with van der Waals surface area (Å²) >= 11 is -0.819. The molecule has 0 aromatic heterocycles. The molecule has 5 nitrogen and oxygen atoms in total. The van der Waals surface area contributed by atoms with Gasteiger partial charge in [-0.1, -0.05) is 0 Å². The molecule has 0 aliphatic heterocycles. The molecule has 0 saturated carbocycles. The van der Waals surface area contributed by atoms with Gasteiger partial charge in [-0.15, -0.1) is 0 Å². The summed E-state index contributed by atoms with van der Waals surface area (Å²) in [5.74, 6) is 0. The van der Waals surface area contributed by atoms with Gasteiger partial charge in [0.25, 0.3) is 0 Å². The molecular formula is C2EuF6NO4S2+. The molecule has 0 bridgehead atoms. The first-order valence-corrected chi connectivity index (χ1v) is 6.71. The molecule has 0 rings (SSSR count). The van der Waals surface area contributed by atoms with Gasteiger partial charge >= 0.3 is 119 Å². The Bertz CT molecular complexity index is 452. The van der Waals surface area contributed by atoms with Crippen molar-refractivity contribution in [3.05, 3.63) is 0 Å². The fraction of sp³-hybridized carbons (Fsp3) is 1.00. The van der Waals surface area contributed by atoms with Crippen molar-refractivity contribution < 1.29 is 88.4 Å². The molecule has 0 atom stereocenters. The molecule has 97 valence electrons. The number of hydrogen-bond acceptors (Lipinski definition) is 4. The summed E-state index contributed by atoms with van der Waals surface area (Å²) in [5, 5.41) is 0. The maximum absolute atomic E-state index is 11.7. The summed E-state index contributed by atoms with van der Waals surface area (Å²) in [6.45, 7) is 0. The molecule has 0 aliphatic rings. The number of rotatable bonds is 2. The van der Waals surface area contributed by atoms with Crippen molar-refractivity contribution in [2.45, 2.75) is 11.0 Å². The topological polar surface area (TPSA) is 71.3 Å². The van der Waals surface area contributed by atoms with Crippen LogP contribution in [-0.4, -0.2) is 26.1 Å². The summed E-state index contributed by atoms with van der Waals surface area (Å²) < 4.78 is 110. The fourth-order valence-electron chi connectivity index (χ4n) is 0.292. The van der Waals surface area contributed by atoms with Crippen molar-refractivity contribution in [3.8, 4) is 0 Å². The van der Waals surface area contributed by atoms with E-state index in [9.17, 15) is 43.2 Å². The van der Waals surface area contributed by atoms with Gasteiger partial charge in [-0.25, -0.2) is 0 Å². The maximum atomic E-state index is 11.7. The Morgan fingerprint density at radius 2 is 0.938 bits per heavy atom. The van der Waals surface area contributed by atoms with Gasteiger partial charge in [-0.05, 0) is 0 Å². The third-order valence-corrected chi connectivity index (χ3v) is 7.56. The van der Waals surface area contributed by atoms with Crippen LogP contribution in [-0.2, 0) is 20.0 Å². The first-order valence-electron chi connectivity index (χ1n) is 2.74. The Morgan fingerprint density at radius 3 is 1.06 bits per heavy atom. The number of alkyl halides is 6. The molecule has 16 heavy (non-hydrogen) atoms. The second-order valence-electron chi connectivity index (χ2n) is 2.05. The molecule has 0 amide bonds. The van der Waals surface area contributed by atoms with Gasteiger partial charge in [-0.2, -0.15) is 0 Å². The van der Waals surface area contributed by atoms with Gasteiger partial charge in [0.15, 0.2) is 0 Å². The van der Waals surface area contributed by atoms with Crippen LogP contribution in [0.25, 0.3) is 0 Å². The van der Waals surface area contributed by atoms with Crippen molar-refractivity contribution in [1.82, 2.24) is 0 Å². The monoisotopic (exact) mass is 433 g/mol. The summed E-state index contributed by atoms with van der Waals surface area (Å²) in [7, 11) is -13.1. The molecule has 0 spiro atoms. The molecule has 0 saturated heterocycles. The van der Waals surface area contributed by atoms with Gasteiger partial charge < -0.3 is 0 Å². The standard InChI is InChI=1S/C2F6NO4S2.Eu/c3-1(4,5)14(10,11)9-15(12,13)2(6,7)8;/q-1;+2. The van der Waals surface area contributed by atoms with E-state index in [1.165, 1.54) is 0 Å². The van der Waals surface area contributed by atoms with Crippen LogP contribution in [0.2, 0.25) is 0 Å². The van der Waals surface area contributed by atoms with Gasteiger partial charge in [0, 0.05) is 0 Å². The normalized spacial score (nSPS) is 14.9. The van der Waals surface area contributed by atoms with Crippen molar-refractivity contribution in [2.75, 3.05) is 0 Å². The zero-order valence-electron chi connectivity index (χ0n) is 6.54. The molecule has 0 fully saturated rings. The van der Waals surface area contributed by atoms with Crippen molar-refractivity contribution in [2.24, 2.45) is 0 Å². The summed E-state index contributed by atoms with van der Waals surface area (Å²) in [5.41, 5.74) is -12.2. The Kier molecular flexibility index (Phi) is 4.76. The Balaban J connectivity index is 5.81. The van der Waals surface area contributed by atoms with Crippen LogP contribution in [0, 0.1) is 46.9 Å². The molecule has 0 heterocycles.